The van der Waals surface area contributed by atoms with E-state index in [1.807, 2.05) is 38.8 Å². The summed E-state index contributed by atoms with van der Waals surface area (Å²) in [6, 6.07) is 11.3. The van der Waals surface area contributed by atoms with Gasteiger partial charge >= 0.3 is 6.09 Å². The normalized spacial score (nSPS) is 30.3. The van der Waals surface area contributed by atoms with E-state index in [0.29, 0.717) is 12.0 Å². The molecule has 32 heavy (non-hydrogen) atoms. The van der Waals surface area contributed by atoms with Crippen molar-refractivity contribution < 1.29 is 14.3 Å². The van der Waals surface area contributed by atoms with Gasteiger partial charge in [-0.15, -0.1) is 0 Å². The van der Waals surface area contributed by atoms with Crippen molar-refractivity contribution in [2.45, 2.75) is 82.7 Å². The number of guanidine groups is 1. The van der Waals surface area contributed by atoms with Crippen LogP contribution in [0.3, 0.4) is 0 Å². The van der Waals surface area contributed by atoms with Gasteiger partial charge in [-0.3, -0.25) is 4.99 Å². The summed E-state index contributed by atoms with van der Waals surface area (Å²) in [4.78, 5) is 19.1. The van der Waals surface area contributed by atoms with E-state index in [1.165, 1.54) is 5.56 Å². The minimum Gasteiger partial charge on any atom is -0.444 e. The average Bonchev–Trinajstić information content (AvgIpc) is 3.33. The van der Waals surface area contributed by atoms with Gasteiger partial charge in [-0.1, -0.05) is 30.3 Å². The quantitative estimate of drug-likeness (QED) is 0.547. The number of benzene rings is 1. The highest BCUT2D eigenvalue weighted by Crippen LogP contribution is 2.37. The fourth-order valence-electron chi connectivity index (χ4n) is 5.38. The van der Waals surface area contributed by atoms with Crippen molar-refractivity contribution in [3.05, 3.63) is 35.9 Å². The number of carbonyl (C=O) groups excluding carboxylic acids is 1. The molecule has 0 aliphatic carbocycles. The molecule has 3 aliphatic heterocycles. The van der Waals surface area contributed by atoms with Crippen molar-refractivity contribution in [3.63, 3.8) is 0 Å². The van der Waals surface area contributed by atoms with Gasteiger partial charge in [0.15, 0.2) is 5.96 Å². The zero-order valence-electron chi connectivity index (χ0n) is 19.8. The zero-order valence-corrected chi connectivity index (χ0v) is 19.8. The predicted octanol–water partition coefficient (Wildman–Crippen LogP) is 3.86. The molecule has 0 saturated carbocycles. The fraction of sp³-hybridized carbons (Fsp3) is 0.680. The molecule has 1 aromatic rings. The molecule has 3 fully saturated rings. The van der Waals surface area contributed by atoms with Crippen LogP contribution < -0.4 is 10.6 Å². The highest BCUT2D eigenvalue weighted by molar-refractivity contribution is 5.80. The molecule has 7 nitrogen and oxygen atoms in total. The van der Waals surface area contributed by atoms with Gasteiger partial charge in [-0.05, 0) is 58.4 Å². The Morgan fingerprint density at radius 2 is 1.84 bits per heavy atom. The smallest absolute Gasteiger partial charge is 0.410 e. The zero-order chi connectivity index (χ0) is 22.7. The third kappa shape index (κ3) is 5.37. The maximum Gasteiger partial charge on any atom is 0.410 e. The molecular weight excluding hydrogens is 404 g/mol. The molecule has 4 unspecified atom stereocenters. The first kappa shape index (κ1) is 22.9. The van der Waals surface area contributed by atoms with Crippen LogP contribution in [0.1, 0.15) is 64.5 Å². The summed E-state index contributed by atoms with van der Waals surface area (Å²) in [5.74, 6) is 1.25. The number of piperidine rings is 1. The van der Waals surface area contributed by atoms with E-state index >= 15 is 0 Å². The van der Waals surface area contributed by atoms with Crippen molar-refractivity contribution in [2.75, 3.05) is 20.2 Å². The van der Waals surface area contributed by atoms with E-state index in [-0.39, 0.29) is 24.3 Å². The molecule has 0 radical (unpaired) electrons. The highest BCUT2D eigenvalue weighted by Gasteiger charge is 2.45. The van der Waals surface area contributed by atoms with Gasteiger partial charge in [0.25, 0.3) is 0 Å². The topological polar surface area (TPSA) is 75.2 Å². The summed E-state index contributed by atoms with van der Waals surface area (Å²) < 4.78 is 11.7. The Morgan fingerprint density at radius 1 is 1.16 bits per heavy atom. The number of nitrogens with one attached hydrogen (secondary N) is 2. The van der Waals surface area contributed by atoms with E-state index in [0.717, 1.165) is 51.2 Å². The van der Waals surface area contributed by atoms with Crippen LogP contribution in [0.15, 0.2) is 35.3 Å². The Hall–Kier alpha value is -2.28. The molecule has 0 aromatic heterocycles. The third-order valence-electron chi connectivity index (χ3n) is 6.78. The van der Waals surface area contributed by atoms with Crippen LogP contribution in [0.25, 0.3) is 0 Å². The minimum absolute atomic E-state index is 0.134. The number of amides is 1. The van der Waals surface area contributed by atoms with Gasteiger partial charge in [-0.2, -0.15) is 0 Å². The maximum atomic E-state index is 12.7. The van der Waals surface area contributed by atoms with Crippen molar-refractivity contribution in [2.24, 2.45) is 10.9 Å². The molecule has 176 valence electrons. The van der Waals surface area contributed by atoms with Crippen LogP contribution in [-0.2, 0) is 9.47 Å². The first-order chi connectivity index (χ1) is 15.3. The number of hydrogen-bond acceptors (Lipinski definition) is 4. The Bertz CT molecular complexity index is 793. The minimum atomic E-state index is -0.459. The van der Waals surface area contributed by atoms with E-state index in [9.17, 15) is 4.79 Å². The van der Waals surface area contributed by atoms with E-state index < -0.39 is 5.60 Å². The van der Waals surface area contributed by atoms with E-state index in [1.54, 1.807) is 0 Å². The van der Waals surface area contributed by atoms with Crippen molar-refractivity contribution in [1.82, 2.24) is 15.5 Å². The third-order valence-corrected chi connectivity index (χ3v) is 6.78. The average molecular weight is 443 g/mol. The molecule has 3 aliphatic rings. The summed E-state index contributed by atoms with van der Waals surface area (Å²) >= 11 is 0. The van der Waals surface area contributed by atoms with Gasteiger partial charge in [-0.25, -0.2) is 4.79 Å². The van der Waals surface area contributed by atoms with E-state index in [2.05, 4.69) is 39.9 Å². The highest BCUT2D eigenvalue weighted by atomic mass is 16.6. The van der Waals surface area contributed by atoms with Crippen LogP contribution >= 0.6 is 0 Å². The number of carbonyl (C=O) groups is 1. The summed E-state index contributed by atoms with van der Waals surface area (Å²) in [6.07, 6.45) is 4.96. The Labute approximate surface area is 191 Å². The summed E-state index contributed by atoms with van der Waals surface area (Å²) in [5.41, 5.74) is 0.782. The largest absolute Gasteiger partial charge is 0.444 e. The molecule has 3 saturated heterocycles. The molecule has 4 rings (SSSR count). The first-order valence-electron chi connectivity index (χ1n) is 12.0. The van der Waals surface area contributed by atoms with Crippen LogP contribution in [0.5, 0.6) is 0 Å². The number of ether oxygens (including phenoxy) is 2. The molecule has 2 N–H and O–H groups in total. The molecule has 4 atom stereocenters. The monoisotopic (exact) mass is 442 g/mol. The van der Waals surface area contributed by atoms with Gasteiger partial charge in [0, 0.05) is 44.2 Å². The molecule has 0 spiro atoms. The lowest BCUT2D eigenvalue weighted by atomic mass is 9.95. The van der Waals surface area contributed by atoms with Crippen LogP contribution in [0.2, 0.25) is 0 Å². The van der Waals surface area contributed by atoms with Crippen LogP contribution in [0, 0.1) is 5.92 Å². The van der Waals surface area contributed by atoms with Crippen molar-refractivity contribution in [1.29, 1.82) is 0 Å². The molecule has 2 bridgehead atoms. The summed E-state index contributed by atoms with van der Waals surface area (Å²) in [7, 11) is 1.82. The number of fused-ring (bicyclic) bond motifs is 2. The van der Waals surface area contributed by atoms with Crippen LogP contribution in [-0.4, -0.2) is 60.9 Å². The molecule has 7 heteroatoms. The number of rotatable bonds is 4. The lowest BCUT2D eigenvalue weighted by molar-refractivity contribution is 0.00545. The summed E-state index contributed by atoms with van der Waals surface area (Å²) in [5, 5.41) is 7.14. The second kappa shape index (κ2) is 9.69. The molecule has 3 heterocycles. The van der Waals surface area contributed by atoms with Gasteiger partial charge in [0.2, 0.25) is 0 Å². The SMILES string of the molecule is CN=C(NCC1CCOC1c1ccccc1)NC1CC2CCC(C1)N2C(=O)OC(C)(C)C. The number of nitrogens with zero attached hydrogens (tertiary/aromatic N) is 2. The van der Waals surface area contributed by atoms with Crippen LogP contribution in [0.4, 0.5) is 4.79 Å². The summed E-state index contributed by atoms with van der Waals surface area (Å²) in [6.45, 7) is 7.39. The molecule has 1 amide bonds. The second-order valence-corrected chi connectivity index (χ2v) is 10.3. The number of hydrogen-bond donors (Lipinski definition) is 2. The maximum absolute atomic E-state index is 12.7. The van der Waals surface area contributed by atoms with Gasteiger partial charge in [0.05, 0.1) is 6.10 Å². The van der Waals surface area contributed by atoms with Gasteiger partial charge < -0.3 is 25.0 Å². The predicted molar refractivity (Wildman–Crippen MR) is 126 cm³/mol. The molecular formula is C25H38N4O3. The lowest BCUT2D eigenvalue weighted by Crippen LogP contribution is -2.55. The van der Waals surface area contributed by atoms with Gasteiger partial charge in [0.1, 0.15) is 5.60 Å². The second-order valence-electron chi connectivity index (χ2n) is 10.3. The van der Waals surface area contributed by atoms with Crippen molar-refractivity contribution >= 4 is 12.1 Å². The van der Waals surface area contributed by atoms with E-state index in [4.69, 9.17) is 9.47 Å². The Kier molecular flexibility index (Phi) is 6.93. The number of aliphatic imine (C=N–C) groups is 1. The molecule has 1 aromatic carbocycles. The standard InChI is InChI=1S/C25H38N4O3/c1-25(2,3)32-24(30)29-20-10-11-21(29)15-19(14-20)28-23(26-4)27-16-18-12-13-31-22(18)17-8-6-5-7-9-17/h5-9,18-22H,10-16H2,1-4H3,(H2,26,27,28). The Balaban J connectivity index is 1.29. The first-order valence-corrected chi connectivity index (χ1v) is 12.0. The Morgan fingerprint density at radius 3 is 2.47 bits per heavy atom. The fourth-order valence-corrected chi connectivity index (χ4v) is 5.38. The lowest BCUT2D eigenvalue weighted by Gasteiger charge is -2.40. The van der Waals surface area contributed by atoms with Crippen molar-refractivity contribution in [3.8, 4) is 0 Å².